The number of ether oxygens (including phenoxy) is 1. The quantitative estimate of drug-likeness (QED) is 0.764. The molecule has 1 fully saturated rings. The van der Waals surface area contributed by atoms with E-state index < -0.39 is 0 Å². The maximum Gasteiger partial charge on any atom is 0.254 e. The molecule has 1 saturated heterocycles. The number of benzene rings is 2. The van der Waals surface area contributed by atoms with Crippen molar-refractivity contribution in [2.45, 2.75) is 20.0 Å². The molecule has 1 unspecified atom stereocenters. The minimum atomic E-state index is -0.217. The summed E-state index contributed by atoms with van der Waals surface area (Å²) in [6.45, 7) is 5.61. The molecule has 0 aromatic heterocycles. The number of hydrogen-bond acceptors (Lipinski definition) is 2. The Hall–Kier alpha value is -1.55. The van der Waals surface area contributed by atoms with Crippen molar-refractivity contribution in [2.24, 2.45) is 0 Å². The Morgan fingerprint density at radius 1 is 1.08 bits per heavy atom. The van der Waals surface area contributed by atoms with Gasteiger partial charge in [0.1, 0.15) is 6.10 Å². The molecule has 1 atom stereocenters. The molecule has 3 nitrogen and oxygen atoms in total. The standard InChI is InChI=1S/C19H19Cl2NO2/c1-12-3-4-14(7-13(12)2)19(23)22-5-6-24-18(11-22)15-8-16(20)10-17(21)9-15/h3-4,7-10,18H,5-6,11H2,1-2H3. The smallest absolute Gasteiger partial charge is 0.254 e. The predicted octanol–water partition coefficient (Wildman–Crippen LogP) is 4.82. The highest BCUT2D eigenvalue weighted by Gasteiger charge is 2.26. The van der Waals surface area contributed by atoms with Crippen LogP contribution in [-0.4, -0.2) is 30.5 Å². The molecule has 0 aliphatic carbocycles. The molecule has 126 valence electrons. The van der Waals surface area contributed by atoms with Gasteiger partial charge in [-0.05, 0) is 60.9 Å². The fourth-order valence-corrected chi connectivity index (χ4v) is 3.40. The van der Waals surface area contributed by atoms with Crippen LogP contribution in [0.25, 0.3) is 0 Å². The molecule has 1 aliphatic rings. The fourth-order valence-electron chi connectivity index (χ4n) is 2.85. The van der Waals surface area contributed by atoms with Crippen molar-refractivity contribution in [3.05, 3.63) is 68.7 Å². The third kappa shape index (κ3) is 3.75. The number of carbonyl (C=O) groups excluding carboxylic acids is 1. The van der Waals surface area contributed by atoms with E-state index in [1.54, 1.807) is 6.07 Å². The van der Waals surface area contributed by atoms with Crippen molar-refractivity contribution in [3.8, 4) is 0 Å². The summed E-state index contributed by atoms with van der Waals surface area (Å²) < 4.78 is 5.82. The highest BCUT2D eigenvalue weighted by Crippen LogP contribution is 2.28. The van der Waals surface area contributed by atoms with E-state index in [-0.39, 0.29) is 12.0 Å². The first-order valence-corrected chi connectivity index (χ1v) is 8.64. The Kier molecular flexibility index (Phi) is 5.14. The maximum atomic E-state index is 12.8. The lowest BCUT2D eigenvalue weighted by atomic mass is 10.0. The molecular formula is C19H19Cl2NO2. The fraction of sp³-hybridized carbons (Fsp3) is 0.316. The van der Waals surface area contributed by atoms with E-state index in [0.29, 0.717) is 35.3 Å². The average Bonchev–Trinajstić information content (AvgIpc) is 2.56. The van der Waals surface area contributed by atoms with E-state index in [0.717, 1.165) is 11.1 Å². The second-order valence-electron chi connectivity index (χ2n) is 6.11. The number of nitrogens with zero attached hydrogens (tertiary/aromatic N) is 1. The lowest BCUT2D eigenvalue weighted by Gasteiger charge is -2.33. The van der Waals surface area contributed by atoms with E-state index in [4.69, 9.17) is 27.9 Å². The molecular weight excluding hydrogens is 345 g/mol. The van der Waals surface area contributed by atoms with Gasteiger partial charge in [0.05, 0.1) is 13.2 Å². The van der Waals surface area contributed by atoms with Crippen molar-refractivity contribution in [1.29, 1.82) is 0 Å². The van der Waals surface area contributed by atoms with Gasteiger partial charge in [-0.2, -0.15) is 0 Å². The first kappa shape index (κ1) is 17.3. The van der Waals surface area contributed by atoms with E-state index >= 15 is 0 Å². The first-order valence-electron chi connectivity index (χ1n) is 7.88. The Morgan fingerprint density at radius 3 is 2.46 bits per heavy atom. The number of aryl methyl sites for hydroxylation is 2. The van der Waals surface area contributed by atoms with E-state index in [2.05, 4.69) is 0 Å². The van der Waals surface area contributed by atoms with Gasteiger partial charge in [-0.25, -0.2) is 0 Å². The minimum Gasteiger partial charge on any atom is -0.370 e. The zero-order valence-electron chi connectivity index (χ0n) is 13.7. The van der Waals surface area contributed by atoms with Crippen LogP contribution < -0.4 is 0 Å². The van der Waals surface area contributed by atoms with Crippen LogP contribution in [0.4, 0.5) is 0 Å². The Balaban J connectivity index is 1.79. The van der Waals surface area contributed by atoms with Gasteiger partial charge in [0.25, 0.3) is 5.91 Å². The number of carbonyl (C=O) groups is 1. The first-order chi connectivity index (χ1) is 11.4. The molecule has 0 bridgehead atoms. The second-order valence-corrected chi connectivity index (χ2v) is 6.99. The summed E-state index contributed by atoms with van der Waals surface area (Å²) in [5.74, 6) is 0.0273. The van der Waals surface area contributed by atoms with Crippen LogP contribution in [0.2, 0.25) is 10.0 Å². The SMILES string of the molecule is Cc1ccc(C(=O)N2CCOC(c3cc(Cl)cc(Cl)c3)C2)cc1C. The van der Waals surface area contributed by atoms with Gasteiger partial charge in [-0.1, -0.05) is 29.3 Å². The Bertz CT molecular complexity index is 756. The van der Waals surface area contributed by atoms with Gasteiger partial charge in [-0.3, -0.25) is 4.79 Å². The van der Waals surface area contributed by atoms with Crippen LogP contribution >= 0.6 is 23.2 Å². The minimum absolute atomic E-state index is 0.0273. The molecule has 2 aromatic rings. The lowest BCUT2D eigenvalue weighted by molar-refractivity contribution is -0.0228. The third-order valence-electron chi connectivity index (χ3n) is 4.36. The number of morpholine rings is 1. The van der Waals surface area contributed by atoms with Gasteiger partial charge in [0, 0.05) is 22.2 Å². The molecule has 0 saturated carbocycles. The molecule has 1 aliphatic heterocycles. The summed E-state index contributed by atoms with van der Waals surface area (Å²) in [5.41, 5.74) is 3.90. The normalized spacial score (nSPS) is 17.8. The van der Waals surface area contributed by atoms with Gasteiger partial charge < -0.3 is 9.64 Å². The second kappa shape index (κ2) is 7.14. The molecule has 1 heterocycles. The Morgan fingerprint density at radius 2 is 1.79 bits per heavy atom. The van der Waals surface area contributed by atoms with Crippen molar-refractivity contribution in [3.63, 3.8) is 0 Å². The molecule has 1 amide bonds. The van der Waals surface area contributed by atoms with Gasteiger partial charge in [-0.15, -0.1) is 0 Å². The molecule has 0 radical (unpaired) electrons. The molecule has 0 N–H and O–H groups in total. The van der Waals surface area contributed by atoms with Crippen LogP contribution in [-0.2, 0) is 4.74 Å². The van der Waals surface area contributed by atoms with E-state index in [9.17, 15) is 4.79 Å². The van der Waals surface area contributed by atoms with Crippen LogP contribution in [0.5, 0.6) is 0 Å². The van der Waals surface area contributed by atoms with Gasteiger partial charge >= 0.3 is 0 Å². The van der Waals surface area contributed by atoms with E-state index in [1.807, 2.05) is 49.1 Å². The number of rotatable bonds is 2. The molecule has 2 aromatic carbocycles. The van der Waals surface area contributed by atoms with Crippen LogP contribution in [0, 0.1) is 13.8 Å². The summed E-state index contributed by atoms with van der Waals surface area (Å²) in [7, 11) is 0. The van der Waals surface area contributed by atoms with Gasteiger partial charge in [0.2, 0.25) is 0 Å². The summed E-state index contributed by atoms with van der Waals surface area (Å²) in [4.78, 5) is 14.6. The Labute approximate surface area is 152 Å². The maximum absolute atomic E-state index is 12.8. The highest BCUT2D eigenvalue weighted by atomic mass is 35.5. The zero-order valence-corrected chi connectivity index (χ0v) is 15.2. The molecule has 3 rings (SSSR count). The van der Waals surface area contributed by atoms with Crippen LogP contribution in [0.15, 0.2) is 36.4 Å². The lowest BCUT2D eigenvalue weighted by Crippen LogP contribution is -2.42. The highest BCUT2D eigenvalue weighted by molar-refractivity contribution is 6.34. The van der Waals surface area contributed by atoms with Gasteiger partial charge in [0.15, 0.2) is 0 Å². The monoisotopic (exact) mass is 363 g/mol. The largest absolute Gasteiger partial charge is 0.370 e. The topological polar surface area (TPSA) is 29.5 Å². The zero-order chi connectivity index (χ0) is 17.3. The summed E-state index contributed by atoms with van der Waals surface area (Å²) in [6.07, 6.45) is -0.217. The summed E-state index contributed by atoms with van der Waals surface area (Å²) >= 11 is 12.2. The van der Waals surface area contributed by atoms with Crippen molar-refractivity contribution >= 4 is 29.1 Å². The predicted molar refractivity (Wildman–Crippen MR) is 97.0 cm³/mol. The number of hydrogen-bond donors (Lipinski definition) is 0. The summed E-state index contributed by atoms with van der Waals surface area (Å²) in [5, 5.41) is 1.14. The van der Waals surface area contributed by atoms with Crippen molar-refractivity contribution in [1.82, 2.24) is 4.90 Å². The number of amides is 1. The molecule has 5 heteroatoms. The molecule has 0 spiro atoms. The average molecular weight is 364 g/mol. The van der Waals surface area contributed by atoms with Crippen LogP contribution in [0.1, 0.15) is 33.2 Å². The van der Waals surface area contributed by atoms with Crippen LogP contribution in [0.3, 0.4) is 0 Å². The third-order valence-corrected chi connectivity index (χ3v) is 4.80. The molecule has 24 heavy (non-hydrogen) atoms. The van der Waals surface area contributed by atoms with E-state index in [1.165, 1.54) is 5.56 Å². The van der Waals surface area contributed by atoms with Crippen molar-refractivity contribution < 1.29 is 9.53 Å². The number of halogens is 2. The summed E-state index contributed by atoms with van der Waals surface area (Å²) in [6, 6.07) is 11.2. The van der Waals surface area contributed by atoms with Crippen molar-refractivity contribution in [2.75, 3.05) is 19.7 Å².